The van der Waals surface area contributed by atoms with Crippen LogP contribution in [-0.4, -0.2) is 23.0 Å². The maximum Gasteiger partial charge on any atom is 0.413 e. The molecule has 92 valence electrons. The molecule has 1 amide bonds. The Hall–Kier alpha value is -1.91. The summed E-state index contributed by atoms with van der Waals surface area (Å²) in [5, 5.41) is 2.48. The van der Waals surface area contributed by atoms with Gasteiger partial charge in [-0.2, -0.15) is 0 Å². The Balaban J connectivity index is 2.78. The molecule has 0 bridgehead atoms. The van der Waals surface area contributed by atoms with Crippen LogP contribution in [0.1, 0.15) is 36.8 Å². The number of pyridine rings is 1. The molecule has 1 aromatic rings. The number of aromatic nitrogens is 1. The van der Waals surface area contributed by atoms with E-state index < -0.39 is 11.7 Å². The molecular formula is C12H16N2O3. The second kappa shape index (κ2) is 4.95. The fourth-order valence-electron chi connectivity index (χ4n) is 1.24. The van der Waals surface area contributed by atoms with Crippen molar-refractivity contribution in [3.05, 3.63) is 23.4 Å². The number of hydrogen-bond donors (Lipinski definition) is 1. The van der Waals surface area contributed by atoms with Crippen molar-refractivity contribution in [1.29, 1.82) is 0 Å². The van der Waals surface area contributed by atoms with Gasteiger partial charge in [-0.1, -0.05) is 0 Å². The van der Waals surface area contributed by atoms with Crippen LogP contribution in [0.5, 0.6) is 0 Å². The molecule has 0 radical (unpaired) electrons. The molecule has 0 spiro atoms. The largest absolute Gasteiger partial charge is 0.444 e. The Morgan fingerprint density at radius 1 is 1.41 bits per heavy atom. The molecule has 0 aromatic carbocycles. The number of carbonyl (C=O) groups is 2. The van der Waals surface area contributed by atoms with Crippen LogP contribution in [0.4, 0.5) is 10.6 Å². The van der Waals surface area contributed by atoms with Gasteiger partial charge in [0.15, 0.2) is 0 Å². The molecule has 5 heteroatoms. The molecule has 0 saturated heterocycles. The van der Waals surface area contributed by atoms with Crippen LogP contribution < -0.4 is 5.32 Å². The third-order valence-corrected chi connectivity index (χ3v) is 1.74. The summed E-state index contributed by atoms with van der Waals surface area (Å²) in [7, 11) is 0. The van der Waals surface area contributed by atoms with Crippen molar-refractivity contribution >= 4 is 18.2 Å². The van der Waals surface area contributed by atoms with Gasteiger partial charge in [0.05, 0.1) is 0 Å². The molecule has 0 saturated carbocycles. The number of nitrogens with zero attached hydrogens (tertiary/aromatic N) is 1. The molecule has 0 atom stereocenters. The molecule has 0 aliphatic rings. The first-order valence-electron chi connectivity index (χ1n) is 5.24. The summed E-state index contributed by atoms with van der Waals surface area (Å²) in [6.07, 6.45) is 0.113. The zero-order valence-corrected chi connectivity index (χ0v) is 10.4. The molecule has 1 heterocycles. The number of nitrogens with one attached hydrogen (secondary N) is 1. The Kier molecular flexibility index (Phi) is 3.83. The summed E-state index contributed by atoms with van der Waals surface area (Å²) < 4.78 is 5.08. The number of aldehydes is 1. The number of rotatable bonds is 2. The molecular weight excluding hydrogens is 220 g/mol. The van der Waals surface area contributed by atoms with Gasteiger partial charge in [-0.25, -0.2) is 9.78 Å². The van der Waals surface area contributed by atoms with E-state index >= 15 is 0 Å². The average Bonchev–Trinajstić information content (AvgIpc) is 2.13. The highest BCUT2D eigenvalue weighted by molar-refractivity contribution is 5.85. The summed E-state index contributed by atoms with van der Waals surface area (Å²) in [5.74, 6) is 0.307. The van der Waals surface area contributed by atoms with Gasteiger partial charge in [-0.15, -0.1) is 0 Å². The summed E-state index contributed by atoms with van der Waals surface area (Å²) >= 11 is 0. The van der Waals surface area contributed by atoms with Crippen LogP contribution in [0, 0.1) is 6.92 Å². The van der Waals surface area contributed by atoms with Gasteiger partial charge in [-0.3, -0.25) is 10.1 Å². The monoisotopic (exact) mass is 236 g/mol. The number of hydrogen-bond acceptors (Lipinski definition) is 4. The van der Waals surface area contributed by atoms with Gasteiger partial charge in [0.2, 0.25) is 0 Å². The lowest BCUT2D eigenvalue weighted by molar-refractivity contribution is 0.0635. The Morgan fingerprint density at radius 3 is 2.59 bits per heavy atom. The molecule has 0 unspecified atom stereocenters. The molecule has 1 aromatic heterocycles. The fraction of sp³-hybridized carbons (Fsp3) is 0.417. The molecule has 17 heavy (non-hydrogen) atoms. The summed E-state index contributed by atoms with van der Waals surface area (Å²) in [6, 6.07) is 3.12. The second-order valence-electron chi connectivity index (χ2n) is 4.67. The molecule has 0 aliphatic heterocycles. The van der Waals surface area contributed by atoms with E-state index in [1.54, 1.807) is 33.8 Å². The number of ether oxygens (including phenoxy) is 1. The van der Waals surface area contributed by atoms with Gasteiger partial charge >= 0.3 is 6.09 Å². The van der Waals surface area contributed by atoms with Crippen molar-refractivity contribution in [1.82, 2.24) is 4.98 Å². The van der Waals surface area contributed by atoms with Crippen molar-refractivity contribution in [2.45, 2.75) is 33.3 Å². The standard InChI is InChI=1S/C12H16N2O3/c1-8-5-9(7-15)6-10(13-8)14-11(16)17-12(2,3)4/h5-7H,1-4H3,(H,13,14,16). The predicted octanol–water partition coefficient (Wildman–Crippen LogP) is 2.55. The zero-order valence-electron chi connectivity index (χ0n) is 10.4. The van der Waals surface area contributed by atoms with E-state index in [0.29, 0.717) is 23.4 Å². The van der Waals surface area contributed by atoms with Crippen molar-refractivity contribution < 1.29 is 14.3 Å². The van der Waals surface area contributed by atoms with E-state index in [1.807, 2.05) is 0 Å². The number of amides is 1. The molecule has 1 rings (SSSR count). The summed E-state index contributed by atoms with van der Waals surface area (Å²) in [6.45, 7) is 7.06. The average molecular weight is 236 g/mol. The molecule has 0 fully saturated rings. The first kappa shape index (κ1) is 13.2. The van der Waals surface area contributed by atoms with Crippen LogP contribution in [0.3, 0.4) is 0 Å². The molecule has 5 nitrogen and oxygen atoms in total. The normalized spacial score (nSPS) is 10.8. The third kappa shape index (κ3) is 4.63. The maximum atomic E-state index is 11.5. The Morgan fingerprint density at radius 2 is 2.06 bits per heavy atom. The Labute approximate surface area is 100 Å². The topological polar surface area (TPSA) is 68.3 Å². The quantitative estimate of drug-likeness (QED) is 0.801. The van der Waals surface area contributed by atoms with Gasteiger partial charge in [0, 0.05) is 11.3 Å². The van der Waals surface area contributed by atoms with E-state index in [1.165, 1.54) is 6.07 Å². The first-order chi connectivity index (χ1) is 7.80. The van der Waals surface area contributed by atoms with Gasteiger partial charge in [0.25, 0.3) is 0 Å². The van der Waals surface area contributed by atoms with Crippen molar-refractivity contribution in [3.8, 4) is 0 Å². The molecule has 1 N–H and O–H groups in total. The van der Waals surface area contributed by atoms with Gasteiger partial charge in [-0.05, 0) is 39.8 Å². The van der Waals surface area contributed by atoms with E-state index in [0.717, 1.165) is 0 Å². The lowest BCUT2D eigenvalue weighted by Gasteiger charge is -2.19. The van der Waals surface area contributed by atoms with Gasteiger partial charge < -0.3 is 4.74 Å². The van der Waals surface area contributed by atoms with Crippen LogP contribution in [-0.2, 0) is 4.74 Å². The first-order valence-corrected chi connectivity index (χ1v) is 5.24. The van der Waals surface area contributed by atoms with E-state index in [9.17, 15) is 9.59 Å². The highest BCUT2D eigenvalue weighted by Gasteiger charge is 2.16. The minimum absolute atomic E-state index is 0.307. The van der Waals surface area contributed by atoms with E-state index in [4.69, 9.17) is 4.74 Å². The minimum atomic E-state index is -0.590. The van der Waals surface area contributed by atoms with E-state index in [2.05, 4.69) is 10.3 Å². The fourth-order valence-corrected chi connectivity index (χ4v) is 1.24. The van der Waals surface area contributed by atoms with E-state index in [-0.39, 0.29) is 0 Å². The van der Waals surface area contributed by atoms with Crippen LogP contribution >= 0.6 is 0 Å². The van der Waals surface area contributed by atoms with Crippen LogP contribution in [0.25, 0.3) is 0 Å². The van der Waals surface area contributed by atoms with Crippen molar-refractivity contribution in [3.63, 3.8) is 0 Å². The third-order valence-electron chi connectivity index (χ3n) is 1.74. The highest BCUT2D eigenvalue weighted by atomic mass is 16.6. The Bertz CT molecular complexity index is 436. The highest BCUT2D eigenvalue weighted by Crippen LogP contribution is 2.12. The summed E-state index contributed by atoms with van der Waals surface area (Å²) in [5.41, 5.74) is 0.547. The number of aryl methyl sites for hydroxylation is 1. The molecule has 0 aliphatic carbocycles. The number of anilines is 1. The maximum absolute atomic E-state index is 11.5. The minimum Gasteiger partial charge on any atom is -0.444 e. The SMILES string of the molecule is Cc1cc(C=O)cc(NC(=O)OC(C)(C)C)n1. The smallest absolute Gasteiger partial charge is 0.413 e. The predicted molar refractivity (Wildman–Crippen MR) is 64.2 cm³/mol. The van der Waals surface area contributed by atoms with Crippen LogP contribution in [0.2, 0.25) is 0 Å². The summed E-state index contributed by atoms with van der Waals surface area (Å²) in [4.78, 5) is 26.2. The number of carbonyl (C=O) groups excluding carboxylic acids is 2. The second-order valence-corrected chi connectivity index (χ2v) is 4.67. The zero-order chi connectivity index (χ0) is 13.1. The van der Waals surface area contributed by atoms with Crippen LogP contribution in [0.15, 0.2) is 12.1 Å². The lowest BCUT2D eigenvalue weighted by Crippen LogP contribution is -2.27. The van der Waals surface area contributed by atoms with Gasteiger partial charge in [0.1, 0.15) is 17.7 Å². The van der Waals surface area contributed by atoms with Crippen molar-refractivity contribution in [2.24, 2.45) is 0 Å². The lowest BCUT2D eigenvalue weighted by atomic mass is 10.2. The van der Waals surface area contributed by atoms with Crippen molar-refractivity contribution in [2.75, 3.05) is 5.32 Å².